The van der Waals surface area contributed by atoms with Crippen LogP contribution in [0.4, 0.5) is 5.82 Å². The van der Waals surface area contributed by atoms with Crippen molar-refractivity contribution in [3.05, 3.63) is 11.9 Å². The minimum absolute atomic E-state index is 0.0804. The molecule has 8 nitrogen and oxygen atoms in total. The monoisotopic (exact) mass is 269 g/mol. The molecule has 0 radical (unpaired) electrons. The quantitative estimate of drug-likeness (QED) is 0.781. The summed E-state index contributed by atoms with van der Waals surface area (Å²) in [6, 6.07) is 1.57. The maximum absolute atomic E-state index is 11.4. The van der Waals surface area contributed by atoms with Crippen LogP contribution in [0.15, 0.2) is 10.6 Å². The molecule has 1 unspecified atom stereocenters. The van der Waals surface area contributed by atoms with E-state index >= 15 is 0 Å². The van der Waals surface area contributed by atoms with Crippen LogP contribution in [-0.4, -0.2) is 40.3 Å². The molecular weight excluding hydrogens is 258 g/mol. The van der Waals surface area contributed by atoms with Crippen LogP contribution in [0.25, 0.3) is 11.6 Å². The van der Waals surface area contributed by atoms with Gasteiger partial charge in [-0.1, -0.05) is 5.16 Å². The first-order valence-electron chi connectivity index (χ1n) is 5.39. The predicted molar refractivity (Wildman–Crippen MR) is 62.3 cm³/mol. The first-order valence-corrected chi connectivity index (χ1v) is 7.21. The van der Waals surface area contributed by atoms with Crippen LogP contribution in [-0.2, 0) is 9.84 Å². The molecule has 3 N–H and O–H groups in total. The number of aromatic nitrogens is 4. The Bertz CT molecular complexity index is 674. The smallest absolute Gasteiger partial charge is 0.276 e. The molecule has 2 aromatic heterocycles. The second kappa shape index (κ2) is 3.80. The van der Waals surface area contributed by atoms with Crippen LogP contribution >= 0.6 is 0 Å². The molecule has 2 aromatic rings. The number of nitrogen functional groups attached to an aromatic ring is 1. The number of sulfone groups is 1. The Morgan fingerprint density at radius 1 is 1.50 bits per heavy atom. The van der Waals surface area contributed by atoms with Crippen LogP contribution in [0.1, 0.15) is 18.2 Å². The highest BCUT2D eigenvalue weighted by atomic mass is 32.2. The van der Waals surface area contributed by atoms with Crippen LogP contribution in [0.3, 0.4) is 0 Å². The van der Waals surface area contributed by atoms with Gasteiger partial charge in [-0.15, -0.1) is 0 Å². The molecule has 1 aliphatic heterocycles. The van der Waals surface area contributed by atoms with Crippen molar-refractivity contribution in [2.45, 2.75) is 12.3 Å². The van der Waals surface area contributed by atoms with Gasteiger partial charge in [0, 0.05) is 12.0 Å². The number of nitrogens with one attached hydrogen (secondary N) is 1. The highest BCUT2D eigenvalue weighted by molar-refractivity contribution is 7.91. The Morgan fingerprint density at radius 3 is 2.94 bits per heavy atom. The topological polar surface area (TPSA) is 128 Å². The Hall–Kier alpha value is -1.90. The molecule has 0 aromatic carbocycles. The zero-order chi connectivity index (χ0) is 12.8. The maximum Gasteiger partial charge on any atom is 0.276 e. The minimum Gasteiger partial charge on any atom is -0.382 e. The maximum atomic E-state index is 11.4. The summed E-state index contributed by atoms with van der Waals surface area (Å²) in [5.41, 5.74) is 5.99. The average Bonchev–Trinajstić information content (AvgIpc) is 2.96. The third-order valence-corrected chi connectivity index (χ3v) is 4.64. The van der Waals surface area contributed by atoms with Gasteiger partial charge in [-0.25, -0.2) is 8.42 Å². The molecule has 0 bridgehead atoms. The van der Waals surface area contributed by atoms with Gasteiger partial charge in [-0.2, -0.15) is 10.1 Å². The lowest BCUT2D eigenvalue weighted by atomic mass is 10.1. The molecule has 0 spiro atoms. The van der Waals surface area contributed by atoms with Crippen LogP contribution in [0.2, 0.25) is 0 Å². The van der Waals surface area contributed by atoms with Gasteiger partial charge in [0.25, 0.3) is 5.89 Å². The second-order valence-electron chi connectivity index (χ2n) is 4.26. The van der Waals surface area contributed by atoms with E-state index in [0.717, 1.165) is 0 Å². The molecular formula is C9H11N5O3S. The van der Waals surface area contributed by atoms with Crippen molar-refractivity contribution in [2.75, 3.05) is 17.2 Å². The molecule has 0 saturated carbocycles. The summed E-state index contributed by atoms with van der Waals surface area (Å²) in [6.45, 7) is 0. The lowest BCUT2D eigenvalue weighted by Gasteiger charge is -1.97. The SMILES string of the molecule is Nc1cc(-c2nc(C3CCS(=O)(=O)C3)no2)[nH]n1. The molecule has 1 aliphatic rings. The number of nitrogens with two attached hydrogens (primary N) is 1. The molecule has 1 fully saturated rings. The zero-order valence-corrected chi connectivity index (χ0v) is 10.1. The first-order chi connectivity index (χ1) is 8.53. The van der Waals surface area contributed by atoms with Crippen molar-refractivity contribution in [2.24, 2.45) is 0 Å². The van der Waals surface area contributed by atoms with E-state index in [1.165, 1.54) is 0 Å². The van der Waals surface area contributed by atoms with Gasteiger partial charge in [0.15, 0.2) is 15.7 Å². The van der Waals surface area contributed by atoms with Crippen molar-refractivity contribution >= 4 is 15.7 Å². The van der Waals surface area contributed by atoms with E-state index in [4.69, 9.17) is 10.3 Å². The van der Waals surface area contributed by atoms with Crippen LogP contribution < -0.4 is 5.73 Å². The van der Waals surface area contributed by atoms with E-state index in [-0.39, 0.29) is 23.3 Å². The Kier molecular flexibility index (Phi) is 2.37. The van der Waals surface area contributed by atoms with Gasteiger partial charge in [-0.3, -0.25) is 5.10 Å². The second-order valence-corrected chi connectivity index (χ2v) is 6.49. The third-order valence-electron chi connectivity index (χ3n) is 2.87. The fourth-order valence-electron chi connectivity index (χ4n) is 1.96. The number of hydrogen-bond acceptors (Lipinski definition) is 7. The zero-order valence-electron chi connectivity index (χ0n) is 9.33. The van der Waals surface area contributed by atoms with E-state index < -0.39 is 9.84 Å². The highest BCUT2D eigenvalue weighted by Crippen LogP contribution is 2.28. The van der Waals surface area contributed by atoms with Gasteiger partial charge in [0.2, 0.25) is 0 Å². The van der Waals surface area contributed by atoms with Crippen LogP contribution in [0, 0.1) is 0 Å². The summed E-state index contributed by atoms with van der Waals surface area (Å²) >= 11 is 0. The van der Waals surface area contributed by atoms with Gasteiger partial charge < -0.3 is 10.3 Å². The van der Waals surface area contributed by atoms with Crippen molar-refractivity contribution in [3.8, 4) is 11.6 Å². The molecule has 0 aliphatic carbocycles. The molecule has 9 heteroatoms. The largest absolute Gasteiger partial charge is 0.382 e. The van der Waals surface area contributed by atoms with Crippen molar-refractivity contribution < 1.29 is 12.9 Å². The van der Waals surface area contributed by atoms with Crippen molar-refractivity contribution in [1.29, 1.82) is 0 Å². The fraction of sp³-hybridized carbons (Fsp3) is 0.444. The van der Waals surface area contributed by atoms with Gasteiger partial charge in [-0.05, 0) is 6.42 Å². The molecule has 0 amide bonds. The molecule has 1 saturated heterocycles. The van der Waals surface area contributed by atoms with E-state index in [9.17, 15) is 8.42 Å². The lowest BCUT2D eigenvalue weighted by molar-refractivity contribution is 0.416. The molecule has 3 heterocycles. The number of nitrogens with zero attached hydrogens (tertiary/aromatic N) is 3. The van der Waals surface area contributed by atoms with Gasteiger partial charge >= 0.3 is 0 Å². The Morgan fingerprint density at radius 2 is 2.33 bits per heavy atom. The van der Waals surface area contributed by atoms with E-state index in [0.29, 0.717) is 23.8 Å². The van der Waals surface area contributed by atoms with Crippen molar-refractivity contribution in [3.63, 3.8) is 0 Å². The number of aromatic amines is 1. The summed E-state index contributed by atoms with van der Waals surface area (Å²) in [7, 11) is -2.96. The third kappa shape index (κ3) is 1.96. The summed E-state index contributed by atoms with van der Waals surface area (Å²) in [6.07, 6.45) is 0.534. The minimum atomic E-state index is -2.96. The fourth-order valence-corrected chi connectivity index (χ4v) is 3.69. The number of hydrogen-bond donors (Lipinski definition) is 2. The number of rotatable bonds is 2. The summed E-state index contributed by atoms with van der Waals surface area (Å²) in [4.78, 5) is 4.17. The van der Waals surface area contributed by atoms with E-state index in [1.807, 2.05) is 0 Å². The van der Waals surface area contributed by atoms with Crippen molar-refractivity contribution in [1.82, 2.24) is 20.3 Å². The standard InChI is InChI=1S/C9H11N5O3S/c10-7-3-6(12-13-7)9-11-8(14-17-9)5-1-2-18(15,16)4-5/h3,5H,1-2,4H2,(H3,10,12,13). The van der Waals surface area contributed by atoms with Crippen LogP contribution in [0.5, 0.6) is 0 Å². The molecule has 18 heavy (non-hydrogen) atoms. The normalized spacial score (nSPS) is 22.3. The summed E-state index contributed by atoms with van der Waals surface area (Å²) in [5, 5.41) is 10.2. The first kappa shape index (κ1) is 11.2. The number of H-pyrrole nitrogens is 1. The summed E-state index contributed by atoms with van der Waals surface area (Å²) < 4.78 is 27.8. The molecule has 96 valence electrons. The van der Waals surface area contributed by atoms with E-state index in [1.54, 1.807) is 6.07 Å². The number of anilines is 1. The van der Waals surface area contributed by atoms with Gasteiger partial charge in [0.05, 0.1) is 11.5 Å². The predicted octanol–water partition coefficient (Wildman–Crippen LogP) is -0.0560. The molecule has 1 atom stereocenters. The Labute approximate surface area is 102 Å². The highest BCUT2D eigenvalue weighted by Gasteiger charge is 2.32. The Balaban J connectivity index is 1.86. The summed E-state index contributed by atoms with van der Waals surface area (Å²) in [5.74, 6) is 1.08. The molecule has 3 rings (SSSR count). The van der Waals surface area contributed by atoms with E-state index in [2.05, 4.69) is 20.3 Å². The lowest BCUT2D eigenvalue weighted by Crippen LogP contribution is -2.05. The average molecular weight is 269 g/mol. The van der Waals surface area contributed by atoms with Gasteiger partial charge in [0.1, 0.15) is 11.5 Å².